The molecule has 0 N–H and O–H groups in total. The van der Waals surface area contributed by atoms with E-state index in [4.69, 9.17) is 4.74 Å². The fourth-order valence-electron chi connectivity index (χ4n) is 4.26. The number of ether oxygens (including phenoxy) is 1. The van der Waals surface area contributed by atoms with E-state index in [-0.39, 0.29) is 23.2 Å². The lowest BCUT2D eigenvalue weighted by Gasteiger charge is -2.23. The van der Waals surface area contributed by atoms with Crippen molar-refractivity contribution in [2.75, 3.05) is 13.2 Å². The second-order valence-electron chi connectivity index (χ2n) is 7.60. The highest BCUT2D eigenvalue weighted by atomic mass is 32.2. The highest BCUT2D eigenvalue weighted by Crippen LogP contribution is 2.37. The minimum atomic E-state index is -3.78. The average Bonchev–Trinajstić information content (AvgIpc) is 3.37. The number of hydrogen-bond acceptors (Lipinski definition) is 6. The fourth-order valence-corrected chi connectivity index (χ4v) is 5.99. The Balaban J connectivity index is 1.66. The third-order valence-corrected chi connectivity index (χ3v) is 7.58. The van der Waals surface area contributed by atoms with Crippen molar-refractivity contribution in [1.29, 1.82) is 0 Å². The van der Waals surface area contributed by atoms with Gasteiger partial charge in [-0.2, -0.15) is 4.31 Å². The van der Waals surface area contributed by atoms with Crippen LogP contribution in [0.3, 0.4) is 0 Å². The molecule has 1 atom stereocenters. The molecule has 4 rings (SSSR count). The summed E-state index contributed by atoms with van der Waals surface area (Å²) in [6.45, 7) is 3.21. The summed E-state index contributed by atoms with van der Waals surface area (Å²) in [4.78, 5) is 12.2. The molecule has 0 unspecified atom stereocenters. The Bertz CT molecular complexity index is 1010. The minimum absolute atomic E-state index is 0.102. The fraction of sp³-hybridized carbons (Fsp3) is 0.632. The Hall–Kier alpha value is -2.20. The van der Waals surface area contributed by atoms with Crippen LogP contribution in [0.5, 0.6) is 0 Å². The SMILES string of the molecule is CCOC(=O)c1cc(S(=O)(=O)N2CCC[C@@H]2c2nnc3n2CCCCC3)cn1C. The third-order valence-electron chi connectivity index (χ3n) is 5.71. The van der Waals surface area contributed by atoms with E-state index in [1.165, 1.54) is 21.1 Å². The molecule has 9 nitrogen and oxygen atoms in total. The molecule has 4 heterocycles. The number of nitrogens with zero attached hydrogens (tertiary/aromatic N) is 5. The predicted molar refractivity (Wildman–Crippen MR) is 105 cm³/mol. The molecule has 29 heavy (non-hydrogen) atoms. The molecule has 0 aromatic carbocycles. The van der Waals surface area contributed by atoms with E-state index in [9.17, 15) is 13.2 Å². The molecule has 0 radical (unpaired) electrons. The van der Waals surface area contributed by atoms with Crippen LogP contribution in [0, 0.1) is 0 Å². The molecular formula is C19H27N5O4S. The molecule has 2 aromatic rings. The second kappa shape index (κ2) is 7.91. The first kappa shape index (κ1) is 20.1. The zero-order valence-corrected chi connectivity index (χ0v) is 17.7. The van der Waals surface area contributed by atoms with Gasteiger partial charge in [-0.3, -0.25) is 0 Å². The monoisotopic (exact) mass is 421 g/mol. The molecule has 0 bridgehead atoms. The number of aromatic nitrogens is 4. The zero-order valence-electron chi connectivity index (χ0n) is 16.9. The molecule has 10 heteroatoms. The Kier molecular flexibility index (Phi) is 5.48. The van der Waals surface area contributed by atoms with E-state index in [2.05, 4.69) is 14.8 Å². The molecular weight excluding hydrogens is 394 g/mol. The van der Waals surface area contributed by atoms with Crippen molar-refractivity contribution in [3.63, 3.8) is 0 Å². The highest BCUT2D eigenvalue weighted by molar-refractivity contribution is 7.89. The summed E-state index contributed by atoms with van der Waals surface area (Å²) in [5, 5.41) is 8.72. The van der Waals surface area contributed by atoms with Crippen molar-refractivity contribution >= 4 is 16.0 Å². The maximum Gasteiger partial charge on any atom is 0.354 e. The van der Waals surface area contributed by atoms with Gasteiger partial charge in [0, 0.05) is 32.8 Å². The maximum absolute atomic E-state index is 13.4. The smallest absolute Gasteiger partial charge is 0.354 e. The van der Waals surface area contributed by atoms with Crippen molar-refractivity contribution in [3.05, 3.63) is 29.6 Å². The van der Waals surface area contributed by atoms with Crippen LogP contribution in [0.1, 0.15) is 67.2 Å². The predicted octanol–water partition coefficient (Wildman–Crippen LogP) is 2.05. The third kappa shape index (κ3) is 3.59. The Morgan fingerprint density at radius 2 is 2.03 bits per heavy atom. The first-order valence-electron chi connectivity index (χ1n) is 10.2. The summed E-state index contributed by atoms with van der Waals surface area (Å²) >= 11 is 0. The summed E-state index contributed by atoms with van der Waals surface area (Å²) in [5.41, 5.74) is 0.220. The van der Waals surface area contributed by atoms with Gasteiger partial charge in [-0.1, -0.05) is 6.42 Å². The first-order valence-corrected chi connectivity index (χ1v) is 11.6. The number of sulfonamides is 1. The average molecular weight is 422 g/mol. The van der Waals surface area contributed by atoms with Gasteiger partial charge in [0.1, 0.15) is 16.4 Å². The van der Waals surface area contributed by atoms with Gasteiger partial charge in [0.15, 0.2) is 5.82 Å². The molecule has 0 spiro atoms. The number of rotatable bonds is 5. The van der Waals surface area contributed by atoms with E-state index >= 15 is 0 Å². The van der Waals surface area contributed by atoms with Gasteiger partial charge in [0.2, 0.25) is 10.0 Å². The Morgan fingerprint density at radius 3 is 2.83 bits per heavy atom. The lowest BCUT2D eigenvalue weighted by molar-refractivity contribution is 0.0515. The number of aryl methyl sites for hydroxylation is 2. The van der Waals surface area contributed by atoms with Crippen LogP contribution in [0.4, 0.5) is 0 Å². The van der Waals surface area contributed by atoms with Crippen molar-refractivity contribution in [3.8, 4) is 0 Å². The van der Waals surface area contributed by atoms with Gasteiger partial charge in [-0.15, -0.1) is 10.2 Å². The summed E-state index contributed by atoms with van der Waals surface area (Å²) < 4.78 is 37.0. The van der Waals surface area contributed by atoms with Gasteiger partial charge < -0.3 is 13.9 Å². The number of fused-ring (bicyclic) bond motifs is 1. The summed E-state index contributed by atoms with van der Waals surface area (Å²) in [7, 11) is -2.13. The molecule has 0 saturated carbocycles. The molecule has 158 valence electrons. The molecule has 2 aliphatic heterocycles. The van der Waals surface area contributed by atoms with Crippen molar-refractivity contribution in [2.45, 2.75) is 62.9 Å². The van der Waals surface area contributed by atoms with Crippen LogP contribution in [0.15, 0.2) is 17.2 Å². The normalized spacial score (nSPS) is 20.4. The van der Waals surface area contributed by atoms with Crippen LogP contribution in [-0.2, 0) is 34.8 Å². The molecule has 0 amide bonds. The molecule has 2 aromatic heterocycles. The van der Waals surface area contributed by atoms with Gasteiger partial charge >= 0.3 is 5.97 Å². The first-order chi connectivity index (χ1) is 13.9. The largest absolute Gasteiger partial charge is 0.461 e. The van der Waals surface area contributed by atoms with Crippen LogP contribution < -0.4 is 0 Å². The maximum atomic E-state index is 13.4. The van der Waals surface area contributed by atoms with Crippen LogP contribution in [0.25, 0.3) is 0 Å². The van der Waals surface area contributed by atoms with E-state index in [0.29, 0.717) is 6.54 Å². The van der Waals surface area contributed by atoms with Crippen LogP contribution in [-0.4, -0.2) is 51.2 Å². The standard InChI is InChI=1S/C19H27N5O4S/c1-3-28-19(25)16-12-14(13-22(16)2)29(26,27)24-11-7-8-15(24)18-21-20-17-9-5-4-6-10-23(17)18/h12-13,15H,3-11H2,1-2H3/t15-/m1/s1. The number of carbonyl (C=O) groups is 1. The Labute approximate surface area is 170 Å². The van der Waals surface area contributed by atoms with Gasteiger partial charge in [0.25, 0.3) is 0 Å². The topological polar surface area (TPSA) is 99.3 Å². The van der Waals surface area contributed by atoms with E-state index in [1.807, 2.05) is 0 Å². The quantitative estimate of drug-likeness (QED) is 0.685. The van der Waals surface area contributed by atoms with Crippen molar-refractivity contribution in [1.82, 2.24) is 23.6 Å². The molecule has 1 saturated heterocycles. The Morgan fingerprint density at radius 1 is 1.21 bits per heavy atom. The van der Waals surface area contributed by atoms with Crippen molar-refractivity contribution in [2.24, 2.45) is 7.05 Å². The molecule has 1 fully saturated rings. The van der Waals surface area contributed by atoms with Crippen LogP contribution >= 0.6 is 0 Å². The number of hydrogen-bond donors (Lipinski definition) is 0. The van der Waals surface area contributed by atoms with E-state index in [0.717, 1.165) is 56.7 Å². The summed E-state index contributed by atoms with van der Waals surface area (Å²) in [6.07, 6.45) is 7.13. The van der Waals surface area contributed by atoms with E-state index < -0.39 is 16.0 Å². The molecule has 0 aliphatic carbocycles. The zero-order chi connectivity index (χ0) is 20.6. The number of carbonyl (C=O) groups excluding carboxylic acids is 1. The van der Waals surface area contributed by atoms with Crippen molar-refractivity contribution < 1.29 is 17.9 Å². The van der Waals surface area contributed by atoms with Gasteiger partial charge in [-0.25, -0.2) is 13.2 Å². The van der Waals surface area contributed by atoms with Gasteiger partial charge in [-0.05, 0) is 38.7 Å². The summed E-state index contributed by atoms with van der Waals surface area (Å²) in [5.74, 6) is 1.16. The lowest BCUT2D eigenvalue weighted by atomic mass is 10.2. The van der Waals surface area contributed by atoms with Gasteiger partial charge in [0.05, 0.1) is 12.6 Å². The second-order valence-corrected chi connectivity index (χ2v) is 9.49. The van der Waals surface area contributed by atoms with Crippen LogP contribution in [0.2, 0.25) is 0 Å². The lowest BCUT2D eigenvalue weighted by Crippen LogP contribution is -2.32. The minimum Gasteiger partial charge on any atom is -0.461 e. The number of esters is 1. The highest BCUT2D eigenvalue weighted by Gasteiger charge is 2.40. The summed E-state index contributed by atoms with van der Waals surface area (Å²) in [6, 6.07) is 1.07. The molecule has 2 aliphatic rings. The van der Waals surface area contributed by atoms with E-state index in [1.54, 1.807) is 14.0 Å².